The molecule has 0 aromatic heterocycles. The van der Waals surface area contributed by atoms with Crippen molar-refractivity contribution in [3.8, 4) is 0 Å². The van der Waals surface area contributed by atoms with E-state index < -0.39 is 0 Å². The summed E-state index contributed by atoms with van der Waals surface area (Å²) in [5, 5.41) is 0. The molecule has 0 amide bonds. The van der Waals surface area contributed by atoms with Crippen LogP contribution in [0.15, 0.2) is 77.4 Å². The van der Waals surface area contributed by atoms with Crippen LogP contribution in [0.1, 0.15) is 6.92 Å². The van der Waals surface area contributed by atoms with Crippen molar-refractivity contribution in [3.05, 3.63) is 67.4 Å². The van der Waals surface area contributed by atoms with E-state index in [-0.39, 0.29) is 0 Å². The molecule has 0 fully saturated rings. The monoisotopic (exact) mass is 224 g/mol. The minimum absolute atomic E-state index is 0.896. The van der Waals surface area contributed by atoms with Crippen molar-refractivity contribution in [2.75, 3.05) is 0 Å². The summed E-state index contributed by atoms with van der Waals surface area (Å²) in [4.78, 5) is 8.38. The number of hydrogen-bond donors (Lipinski definition) is 0. The van der Waals surface area contributed by atoms with Gasteiger partial charge in [-0.15, -0.1) is 0 Å². The number of benzene rings is 1. The Bertz CT molecular complexity index is 451. The van der Waals surface area contributed by atoms with E-state index in [9.17, 15) is 0 Å². The van der Waals surface area contributed by atoms with Gasteiger partial charge in [0.15, 0.2) is 0 Å². The summed E-state index contributed by atoms with van der Waals surface area (Å²) in [5.74, 6) is 0. The third-order valence-corrected chi connectivity index (χ3v) is 1.95. The highest BCUT2D eigenvalue weighted by Crippen LogP contribution is 2.07. The zero-order valence-electron chi connectivity index (χ0n) is 9.95. The van der Waals surface area contributed by atoms with Crippen LogP contribution in [0, 0.1) is 0 Å². The molecular weight excluding hydrogens is 208 g/mol. The van der Waals surface area contributed by atoms with Crippen LogP contribution in [0.4, 0.5) is 5.69 Å². The Hall–Kier alpha value is -2.22. The van der Waals surface area contributed by atoms with E-state index in [0.29, 0.717) is 0 Å². The maximum absolute atomic E-state index is 4.26. The molecule has 0 N–H and O–H groups in total. The zero-order chi connectivity index (χ0) is 12.3. The normalized spacial score (nSPS) is 12.9. The van der Waals surface area contributed by atoms with Crippen LogP contribution in [0.25, 0.3) is 0 Å². The smallest absolute Gasteiger partial charge is 0.0629 e. The molecule has 0 radical (unpaired) electrons. The Kier molecular flexibility index (Phi) is 6.04. The summed E-state index contributed by atoms with van der Waals surface area (Å²) in [5.41, 5.74) is 1.84. The molecule has 0 spiro atoms. The SMILES string of the molecule is C=CC(C)=N/C=C/C=C/C=Nc1ccccc1. The molecule has 0 heterocycles. The molecular formula is C15H16N2. The quantitative estimate of drug-likeness (QED) is 0.531. The number of nitrogens with zero attached hydrogens (tertiary/aromatic N) is 2. The fourth-order valence-corrected chi connectivity index (χ4v) is 1.02. The zero-order valence-corrected chi connectivity index (χ0v) is 9.95. The molecule has 0 bridgehead atoms. The van der Waals surface area contributed by atoms with Crippen molar-refractivity contribution in [2.45, 2.75) is 6.92 Å². The molecule has 17 heavy (non-hydrogen) atoms. The van der Waals surface area contributed by atoms with Gasteiger partial charge in [-0.05, 0) is 37.3 Å². The minimum Gasteiger partial charge on any atom is -0.262 e. The van der Waals surface area contributed by atoms with Crippen LogP contribution in [-0.4, -0.2) is 11.9 Å². The number of allylic oxidation sites excluding steroid dienone is 4. The van der Waals surface area contributed by atoms with Gasteiger partial charge in [0.05, 0.1) is 5.69 Å². The van der Waals surface area contributed by atoms with Crippen LogP contribution in [0.3, 0.4) is 0 Å². The Morgan fingerprint density at radius 2 is 1.88 bits per heavy atom. The van der Waals surface area contributed by atoms with E-state index in [1.165, 1.54) is 0 Å². The second-order valence-electron chi connectivity index (χ2n) is 3.31. The number of para-hydroxylation sites is 1. The van der Waals surface area contributed by atoms with Crippen molar-refractivity contribution in [2.24, 2.45) is 9.98 Å². The van der Waals surface area contributed by atoms with E-state index >= 15 is 0 Å². The lowest BCUT2D eigenvalue weighted by molar-refractivity contribution is 1.53. The highest BCUT2D eigenvalue weighted by Gasteiger charge is 1.80. The largest absolute Gasteiger partial charge is 0.262 e. The summed E-state index contributed by atoms with van der Waals surface area (Å²) < 4.78 is 0. The molecule has 0 saturated carbocycles. The summed E-state index contributed by atoms with van der Waals surface area (Å²) in [6.07, 6.45) is 10.8. The van der Waals surface area contributed by atoms with Crippen molar-refractivity contribution < 1.29 is 0 Å². The Morgan fingerprint density at radius 3 is 2.59 bits per heavy atom. The Morgan fingerprint density at radius 1 is 1.12 bits per heavy atom. The van der Waals surface area contributed by atoms with Gasteiger partial charge in [0.1, 0.15) is 0 Å². The van der Waals surface area contributed by atoms with Crippen molar-refractivity contribution >= 4 is 17.6 Å². The predicted octanol–water partition coefficient (Wildman–Crippen LogP) is 4.11. The highest BCUT2D eigenvalue weighted by molar-refractivity contribution is 5.92. The molecule has 1 aromatic rings. The standard InChI is InChI=1S/C15H16N2/c1-3-14(2)16-12-8-5-9-13-17-15-10-6-4-7-11-15/h3-13H,1H2,2H3/b9-5+,12-8+,16-14?,17-13?. The second kappa shape index (κ2) is 7.99. The van der Waals surface area contributed by atoms with E-state index in [4.69, 9.17) is 0 Å². The lowest BCUT2D eigenvalue weighted by atomic mass is 10.3. The van der Waals surface area contributed by atoms with Gasteiger partial charge in [-0.3, -0.25) is 9.98 Å². The fourth-order valence-electron chi connectivity index (χ4n) is 1.02. The van der Waals surface area contributed by atoms with Gasteiger partial charge in [0.25, 0.3) is 0 Å². The molecule has 86 valence electrons. The van der Waals surface area contributed by atoms with Crippen LogP contribution < -0.4 is 0 Å². The highest BCUT2D eigenvalue weighted by atomic mass is 14.7. The van der Waals surface area contributed by atoms with Crippen molar-refractivity contribution in [1.29, 1.82) is 0 Å². The first-order chi connectivity index (χ1) is 8.33. The van der Waals surface area contributed by atoms with E-state index in [1.54, 1.807) is 18.5 Å². The van der Waals surface area contributed by atoms with Gasteiger partial charge in [-0.25, -0.2) is 0 Å². The molecule has 2 heteroatoms. The second-order valence-corrected chi connectivity index (χ2v) is 3.31. The first kappa shape index (κ1) is 12.8. The van der Waals surface area contributed by atoms with Crippen LogP contribution in [-0.2, 0) is 0 Å². The number of rotatable bonds is 5. The summed E-state index contributed by atoms with van der Waals surface area (Å²) in [7, 11) is 0. The molecule has 1 rings (SSSR count). The van der Waals surface area contributed by atoms with E-state index in [0.717, 1.165) is 11.4 Å². The molecule has 2 nitrogen and oxygen atoms in total. The molecule has 0 unspecified atom stereocenters. The summed E-state index contributed by atoms with van der Waals surface area (Å²) in [6, 6.07) is 9.81. The number of aliphatic imine (C=N–C) groups is 2. The first-order valence-electron chi connectivity index (χ1n) is 5.40. The molecule has 0 saturated heterocycles. The van der Waals surface area contributed by atoms with Gasteiger partial charge < -0.3 is 0 Å². The summed E-state index contributed by atoms with van der Waals surface area (Å²) in [6.45, 7) is 5.52. The maximum Gasteiger partial charge on any atom is 0.0629 e. The summed E-state index contributed by atoms with van der Waals surface area (Å²) >= 11 is 0. The third kappa shape index (κ3) is 6.05. The lowest BCUT2D eigenvalue weighted by Gasteiger charge is -1.87. The first-order valence-corrected chi connectivity index (χ1v) is 5.40. The Labute approximate surface area is 102 Å². The fraction of sp³-hybridized carbons (Fsp3) is 0.0667. The maximum atomic E-state index is 4.26. The van der Waals surface area contributed by atoms with Gasteiger partial charge in [-0.1, -0.05) is 30.9 Å². The molecule has 0 aliphatic heterocycles. The molecule has 0 aliphatic carbocycles. The van der Waals surface area contributed by atoms with Crippen LogP contribution >= 0.6 is 0 Å². The topological polar surface area (TPSA) is 24.7 Å². The Balaban J connectivity index is 2.41. The van der Waals surface area contributed by atoms with E-state index in [2.05, 4.69) is 16.6 Å². The van der Waals surface area contributed by atoms with Gasteiger partial charge in [0.2, 0.25) is 0 Å². The third-order valence-electron chi connectivity index (χ3n) is 1.95. The van der Waals surface area contributed by atoms with Crippen LogP contribution in [0.2, 0.25) is 0 Å². The van der Waals surface area contributed by atoms with Gasteiger partial charge in [0, 0.05) is 18.1 Å². The van der Waals surface area contributed by atoms with Crippen LogP contribution in [0.5, 0.6) is 0 Å². The molecule has 0 aliphatic rings. The van der Waals surface area contributed by atoms with Crippen molar-refractivity contribution in [1.82, 2.24) is 0 Å². The average Bonchev–Trinajstić information content (AvgIpc) is 2.38. The van der Waals surface area contributed by atoms with Crippen molar-refractivity contribution in [3.63, 3.8) is 0 Å². The minimum atomic E-state index is 0.896. The predicted molar refractivity (Wildman–Crippen MR) is 76.2 cm³/mol. The van der Waals surface area contributed by atoms with Gasteiger partial charge >= 0.3 is 0 Å². The average molecular weight is 224 g/mol. The number of hydrogen-bond acceptors (Lipinski definition) is 2. The van der Waals surface area contributed by atoms with Gasteiger partial charge in [-0.2, -0.15) is 0 Å². The lowest BCUT2D eigenvalue weighted by Crippen LogP contribution is -1.78. The molecule has 1 aromatic carbocycles. The molecule has 0 atom stereocenters. The van der Waals surface area contributed by atoms with E-state index in [1.807, 2.05) is 55.5 Å².